The molecule has 0 amide bonds. The predicted molar refractivity (Wildman–Crippen MR) is 63.3 cm³/mol. The lowest BCUT2D eigenvalue weighted by molar-refractivity contribution is -0.233. The summed E-state index contributed by atoms with van der Waals surface area (Å²) >= 11 is 0. The third-order valence-corrected chi connectivity index (χ3v) is 2.48. The zero-order valence-corrected chi connectivity index (χ0v) is 12.7. The fourth-order valence-corrected chi connectivity index (χ4v) is 1.56. The van der Waals surface area contributed by atoms with Crippen LogP contribution in [0.4, 0.5) is 70.3 Å². The Labute approximate surface area is 141 Å². The number of alkyl halides is 12. The Kier molecular flexibility index (Phi) is 5.55. The van der Waals surface area contributed by atoms with Crippen LogP contribution in [0.5, 0.6) is 0 Å². The second-order valence-electron chi connectivity index (χ2n) is 4.70. The highest BCUT2D eigenvalue weighted by atomic mass is 19.4. The van der Waals surface area contributed by atoms with Crippen molar-refractivity contribution in [1.82, 2.24) is 15.2 Å². The van der Waals surface area contributed by atoms with E-state index in [1.165, 1.54) is 0 Å². The van der Waals surface area contributed by atoms with E-state index in [0.29, 0.717) is 4.90 Å². The molecule has 0 atom stereocenters. The Bertz CT molecular complexity index is 631. The average Bonchev–Trinajstić information content (AvgIpc) is 2.33. The summed E-state index contributed by atoms with van der Waals surface area (Å²) in [4.78, 5) is -2.15. The van der Waals surface area contributed by atoms with Crippen LogP contribution < -0.4 is 14.7 Å². The highest BCUT2D eigenvalue weighted by Crippen LogP contribution is 2.46. The van der Waals surface area contributed by atoms with Crippen LogP contribution >= 0.6 is 0 Å². The van der Waals surface area contributed by atoms with Gasteiger partial charge in [-0.2, -0.15) is 14.8 Å². The van der Waals surface area contributed by atoms with Gasteiger partial charge in [-0.3, -0.25) is 0 Å². The Balaban J connectivity index is 3.92. The second kappa shape index (κ2) is 6.63. The smallest absolute Gasteiger partial charge is 0.346 e. The first-order valence-electron chi connectivity index (χ1n) is 6.07. The molecule has 0 aliphatic heterocycles. The van der Waals surface area contributed by atoms with Crippen LogP contribution in [-0.2, 0) is 0 Å². The van der Waals surface area contributed by atoms with Crippen LogP contribution in [0.25, 0.3) is 0 Å². The van der Waals surface area contributed by atoms with E-state index in [9.17, 15) is 52.7 Å². The number of hydrogen-bond acceptors (Lipinski definition) is 6. The third-order valence-electron chi connectivity index (χ3n) is 2.48. The number of halogens is 12. The molecular weight excluding hydrogens is 420 g/mol. The summed E-state index contributed by atoms with van der Waals surface area (Å²) in [5.74, 6) is -6.80. The summed E-state index contributed by atoms with van der Waals surface area (Å²) in [6, 6.07) is 0. The predicted octanol–water partition coefficient (Wildman–Crippen LogP) is 3.63. The van der Waals surface area contributed by atoms with Gasteiger partial charge >= 0.3 is 25.2 Å². The van der Waals surface area contributed by atoms with Crippen molar-refractivity contribution in [2.45, 2.75) is 25.2 Å². The highest BCUT2D eigenvalue weighted by molar-refractivity contribution is 5.65. The molecule has 1 heterocycles. The van der Waals surface area contributed by atoms with Crippen LogP contribution in [0.2, 0.25) is 0 Å². The lowest BCUT2D eigenvalue weighted by atomic mass is 10.4. The Morgan fingerprint density at radius 1 is 0.556 bits per heavy atom. The molecule has 1 rings (SSSR count). The van der Waals surface area contributed by atoms with Crippen molar-refractivity contribution < 1.29 is 52.7 Å². The summed E-state index contributed by atoms with van der Waals surface area (Å²) in [6.45, 7) is 0. The minimum atomic E-state index is -6.49. The molecule has 18 heteroatoms. The number of rotatable bonds is 3. The van der Waals surface area contributed by atoms with Crippen LogP contribution in [0.3, 0.4) is 0 Å². The van der Waals surface area contributed by atoms with E-state index < -0.39 is 52.6 Å². The molecule has 6 nitrogen and oxygen atoms in total. The van der Waals surface area contributed by atoms with Gasteiger partial charge in [-0.05, 0) is 0 Å². The SMILES string of the molecule is CN(C)c1nnc(N(C(F)(F)F)C(F)(F)F)c(N(C(F)(F)F)C(F)(F)F)n1. The van der Waals surface area contributed by atoms with Gasteiger partial charge in [0, 0.05) is 14.1 Å². The number of anilines is 3. The fourth-order valence-electron chi connectivity index (χ4n) is 1.56. The van der Waals surface area contributed by atoms with Gasteiger partial charge in [0.2, 0.25) is 11.8 Å². The topological polar surface area (TPSA) is 48.4 Å². The van der Waals surface area contributed by atoms with E-state index in [2.05, 4.69) is 15.2 Å². The van der Waals surface area contributed by atoms with Gasteiger partial charge in [0.25, 0.3) is 0 Å². The molecule has 0 fully saturated rings. The quantitative estimate of drug-likeness (QED) is 0.544. The molecule has 1 aromatic rings. The summed E-state index contributed by atoms with van der Waals surface area (Å²) in [7, 11) is 1.88. The lowest BCUT2D eigenvalue weighted by Gasteiger charge is -2.33. The summed E-state index contributed by atoms with van der Waals surface area (Å²) in [5, 5.41) is 4.97. The molecule has 0 saturated heterocycles. The van der Waals surface area contributed by atoms with Gasteiger partial charge in [0.05, 0.1) is 0 Å². The van der Waals surface area contributed by atoms with Crippen molar-refractivity contribution in [3.8, 4) is 0 Å². The maximum atomic E-state index is 12.8. The summed E-state index contributed by atoms with van der Waals surface area (Å²) in [6.07, 6.45) is -26.0. The minimum Gasteiger partial charge on any atom is -0.346 e. The van der Waals surface area contributed by atoms with Crippen molar-refractivity contribution >= 4 is 17.6 Å². The average molecular weight is 426 g/mol. The first kappa shape index (κ1) is 22.6. The highest BCUT2D eigenvalue weighted by Gasteiger charge is 2.61. The monoisotopic (exact) mass is 426 g/mol. The van der Waals surface area contributed by atoms with Crippen molar-refractivity contribution in [3.63, 3.8) is 0 Å². The largest absolute Gasteiger partial charge is 0.493 e. The summed E-state index contributed by atoms with van der Waals surface area (Å²) < 4.78 is 153. The van der Waals surface area contributed by atoms with Gasteiger partial charge in [-0.1, -0.05) is 0 Å². The fraction of sp³-hybridized carbons (Fsp3) is 0.667. The Morgan fingerprint density at radius 2 is 0.889 bits per heavy atom. The molecule has 1 aromatic heterocycles. The molecule has 0 aliphatic carbocycles. The summed E-state index contributed by atoms with van der Waals surface area (Å²) in [5.41, 5.74) is 0. The van der Waals surface area contributed by atoms with E-state index in [-0.39, 0.29) is 0 Å². The molecule has 0 unspecified atom stereocenters. The third kappa shape index (κ3) is 5.06. The first-order valence-corrected chi connectivity index (χ1v) is 6.07. The maximum Gasteiger partial charge on any atom is 0.493 e. The number of hydrogen-bond donors (Lipinski definition) is 0. The van der Waals surface area contributed by atoms with Crippen LogP contribution in [-0.4, -0.2) is 54.5 Å². The maximum absolute atomic E-state index is 12.8. The molecule has 0 aliphatic rings. The normalized spacial score (nSPS) is 13.6. The van der Waals surface area contributed by atoms with Crippen LogP contribution in [0.15, 0.2) is 0 Å². The molecule has 0 saturated carbocycles. The van der Waals surface area contributed by atoms with Gasteiger partial charge < -0.3 is 4.90 Å². The number of nitrogens with zero attached hydrogens (tertiary/aromatic N) is 6. The van der Waals surface area contributed by atoms with Crippen molar-refractivity contribution in [3.05, 3.63) is 0 Å². The van der Waals surface area contributed by atoms with Crippen molar-refractivity contribution in [2.24, 2.45) is 0 Å². The molecule has 27 heavy (non-hydrogen) atoms. The standard InChI is InChI=1S/C9H6F12N6/c1-25(2)5-22-3(26(6(10,11)12)7(13,14)15)4(23-24-5)27(8(16,17)18)9(19,20)21/h1-2H3. The van der Waals surface area contributed by atoms with Gasteiger partial charge in [-0.15, -0.1) is 62.9 Å². The first-order chi connectivity index (χ1) is 11.8. The van der Waals surface area contributed by atoms with E-state index in [1.807, 2.05) is 0 Å². The zero-order chi connectivity index (χ0) is 21.6. The lowest BCUT2D eigenvalue weighted by Crippen LogP contribution is -2.53. The van der Waals surface area contributed by atoms with Gasteiger partial charge in [0.15, 0.2) is 5.82 Å². The van der Waals surface area contributed by atoms with Crippen molar-refractivity contribution in [1.29, 1.82) is 0 Å². The van der Waals surface area contributed by atoms with Gasteiger partial charge in [0.1, 0.15) is 0 Å². The molecule has 0 N–H and O–H groups in total. The van der Waals surface area contributed by atoms with Crippen LogP contribution in [0, 0.1) is 0 Å². The molecule has 0 spiro atoms. The van der Waals surface area contributed by atoms with E-state index in [0.717, 1.165) is 14.1 Å². The van der Waals surface area contributed by atoms with E-state index in [1.54, 1.807) is 0 Å². The minimum absolute atomic E-state index is 0.608. The molecule has 0 radical (unpaired) electrons. The molecular formula is C9H6F12N6. The van der Waals surface area contributed by atoms with Gasteiger partial charge in [-0.25, -0.2) is 0 Å². The Morgan fingerprint density at radius 3 is 1.19 bits per heavy atom. The zero-order valence-electron chi connectivity index (χ0n) is 12.7. The van der Waals surface area contributed by atoms with E-state index >= 15 is 0 Å². The molecule has 156 valence electrons. The second-order valence-corrected chi connectivity index (χ2v) is 4.70. The molecule has 0 bridgehead atoms. The van der Waals surface area contributed by atoms with E-state index in [4.69, 9.17) is 0 Å². The number of aromatic nitrogens is 3. The van der Waals surface area contributed by atoms with Crippen molar-refractivity contribution in [2.75, 3.05) is 28.8 Å². The van der Waals surface area contributed by atoms with Crippen LogP contribution in [0.1, 0.15) is 0 Å². The molecule has 0 aromatic carbocycles. The Hall–Kier alpha value is -2.43.